The molecule has 0 unspecified atom stereocenters. The number of hydrogen-bond acceptors (Lipinski definition) is 5. The number of benzene rings is 2. The molecule has 26 heavy (non-hydrogen) atoms. The Morgan fingerprint density at radius 2 is 2.00 bits per heavy atom. The van der Waals surface area contributed by atoms with Gasteiger partial charge < -0.3 is 9.84 Å². The van der Waals surface area contributed by atoms with E-state index in [4.69, 9.17) is 4.52 Å². The van der Waals surface area contributed by atoms with Gasteiger partial charge in [-0.3, -0.25) is 4.79 Å². The van der Waals surface area contributed by atoms with Gasteiger partial charge in [-0.2, -0.15) is 0 Å². The number of nitrogens with one attached hydrogen (secondary N) is 1. The van der Waals surface area contributed by atoms with Gasteiger partial charge in [0.25, 0.3) is 5.91 Å². The van der Waals surface area contributed by atoms with Crippen LogP contribution in [0, 0.1) is 19.7 Å². The van der Waals surface area contributed by atoms with Crippen molar-refractivity contribution in [2.45, 2.75) is 13.8 Å². The van der Waals surface area contributed by atoms with E-state index in [1.165, 1.54) is 29.7 Å². The molecule has 0 atom stereocenters. The average Bonchev–Trinajstić information content (AvgIpc) is 3.22. The van der Waals surface area contributed by atoms with Crippen molar-refractivity contribution in [1.82, 2.24) is 10.1 Å². The van der Waals surface area contributed by atoms with Crippen LogP contribution in [-0.2, 0) is 0 Å². The first-order valence-electron chi connectivity index (χ1n) is 7.91. The number of thiazole rings is 1. The fourth-order valence-electron chi connectivity index (χ4n) is 2.65. The molecule has 2 aromatic carbocycles. The van der Waals surface area contributed by atoms with Crippen LogP contribution >= 0.6 is 11.3 Å². The second-order valence-electron chi connectivity index (χ2n) is 5.96. The van der Waals surface area contributed by atoms with Gasteiger partial charge in [0.05, 0.1) is 10.2 Å². The molecule has 0 aliphatic heterocycles. The van der Waals surface area contributed by atoms with Gasteiger partial charge in [-0.1, -0.05) is 5.16 Å². The van der Waals surface area contributed by atoms with E-state index in [-0.39, 0.29) is 17.4 Å². The highest BCUT2D eigenvalue weighted by molar-refractivity contribution is 7.21. The fraction of sp³-hybridized carbons (Fsp3) is 0.105. The first-order chi connectivity index (χ1) is 12.5. The van der Waals surface area contributed by atoms with Crippen molar-refractivity contribution in [3.63, 3.8) is 0 Å². The summed E-state index contributed by atoms with van der Waals surface area (Å²) < 4.78 is 19.1. The maximum atomic E-state index is 13.3. The van der Waals surface area contributed by atoms with Crippen molar-refractivity contribution in [2.75, 3.05) is 5.32 Å². The van der Waals surface area contributed by atoms with Gasteiger partial charge in [-0.05, 0) is 49.7 Å². The number of amides is 1. The molecule has 2 heterocycles. The van der Waals surface area contributed by atoms with E-state index >= 15 is 0 Å². The molecule has 4 aromatic rings. The largest absolute Gasteiger partial charge is 0.364 e. The Bertz CT molecular complexity index is 1130. The van der Waals surface area contributed by atoms with Crippen molar-refractivity contribution in [2.24, 2.45) is 0 Å². The summed E-state index contributed by atoms with van der Waals surface area (Å²) in [4.78, 5) is 16.8. The highest BCUT2D eigenvalue weighted by atomic mass is 32.1. The molecule has 130 valence electrons. The molecule has 0 saturated heterocycles. The molecule has 0 aliphatic rings. The number of carbonyl (C=O) groups is 1. The number of aryl methyl sites for hydroxylation is 2. The number of fused-ring (bicyclic) bond motifs is 1. The number of hydrogen-bond donors (Lipinski definition) is 1. The maximum Gasteiger partial charge on any atom is 0.278 e. The Balaban J connectivity index is 1.62. The van der Waals surface area contributed by atoms with Gasteiger partial charge in [0, 0.05) is 22.9 Å². The number of anilines is 1. The minimum Gasteiger partial charge on any atom is -0.364 e. The summed E-state index contributed by atoms with van der Waals surface area (Å²) in [7, 11) is 0. The monoisotopic (exact) mass is 367 g/mol. The molecule has 1 amide bonds. The average molecular weight is 367 g/mol. The number of aromatic nitrogens is 2. The number of rotatable bonds is 3. The lowest BCUT2D eigenvalue weighted by molar-refractivity contribution is 0.101. The van der Waals surface area contributed by atoms with Gasteiger partial charge in [0.1, 0.15) is 17.1 Å². The molecule has 0 fully saturated rings. The first-order valence-corrected chi connectivity index (χ1v) is 8.72. The summed E-state index contributed by atoms with van der Waals surface area (Å²) in [5.74, 6) is -0.616. The van der Waals surface area contributed by atoms with E-state index in [1.54, 1.807) is 13.0 Å². The van der Waals surface area contributed by atoms with E-state index in [1.807, 2.05) is 25.1 Å². The predicted molar refractivity (Wildman–Crippen MR) is 98.9 cm³/mol. The van der Waals surface area contributed by atoms with E-state index in [0.717, 1.165) is 20.8 Å². The summed E-state index contributed by atoms with van der Waals surface area (Å²) in [6.07, 6.45) is 1.43. The molecular formula is C19H14FN3O2S. The van der Waals surface area contributed by atoms with Crippen molar-refractivity contribution in [3.8, 4) is 10.6 Å². The Hall–Kier alpha value is -3.06. The third-order valence-electron chi connectivity index (χ3n) is 4.03. The highest BCUT2D eigenvalue weighted by Gasteiger charge is 2.15. The minimum atomic E-state index is -0.317. The molecule has 0 bridgehead atoms. The summed E-state index contributed by atoms with van der Waals surface area (Å²) in [6, 6.07) is 10.2. The van der Waals surface area contributed by atoms with Crippen LogP contribution in [0.4, 0.5) is 10.1 Å². The number of halogens is 1. The molecule has 0 saturated carbocycles. The summed E-state index contributed by atoms with van der Waals surface area (Å²) in [5.41, 5.74) is 4.08. The zero-order chi connectivity index (χ0) is 18.3. The van der Waals surface area contributed by atoms with Gasteiger partial charge in [-0.15, -0.1) is 11.3 Å². The van der Waals surface area contributed by atoms with E-state index in [2.05, 4.69) is 15.5 Å². The van der Waals surface area contributed by atoms with E-state index in [9.17, 15) is 9.18 Å². The molecular weight excluding hydrogens is 353 g/mol. The molecule has 5 nitrogen and oxygen atoms in total. The fourth-order valence-corrected chi connectivity index (χ4v) is 3.59. The second-order valence-corrected chi connectivity index (χ2v) is 6.99. The van der Waals surface area contributed by atoms with Gasteiger partial charge in [0.15, 0.2) is 5.69 Å². The molecule has 2 aromatic heterocycles. The van der Waals surface area contributed by atoms with Crippen LogP contribution in [0.2, 0.25) is 0 Å². The quantitative estimate of drug-likeness (QED) is 0.556. The SMILES string of the molecule is Cc1cc(-c2nc3cc(F)ccc3s2)ccc1NC(=O)c1nocc1C. The number of nitrogens with zero attached hydrogens (tertiary/aromatic N) is 2. The topological polar surface area (TPSA) is 68.0 Å². The van der Waals surface area contributed by atoms with Gasteiger partial charge in [0.2, 0.25) is 0 Å². The van der Waals surface area contributed by atoms with Crippen LogP contribution in [0.1, 0.15) is 21.6 Å². The predicted octanol–water partition coefficient (Wildman–Crippen LogP) is 4.96. The highest BCUT2D eigenvalue weighted by Crippen LogP contribution is 2.32. The zero-order valence-electron chi connectivity index (χ0n) is 14.0. The second kappa shape index (κ2) is 6.34. The van der Waals surface area contributed by atoms with Crippen molar-refractivity contribution in [3.05, 3.63) is 65.3 Å². The standard InChI is InChI=1S/C19H14FN3O2S/c1-10-7-12(19-22-15-8-13(20)4-6-16(15)26-19)3-5-14(10)21-18(24)17-11(2)9-25-23-17/h3-9H,1-2H3,(H,21,24). The third-order valence-corrected chi connectivity index (χ3v) is 5.12. The maximum absolute atomic E-state index is 13.3. The van der Waals surface area contributed by atoms with Crippen molar-refractivity contribution < 1.29 is 13.7 Å². The van der Waals surface area contributed by atoms with E-state index in [0.29, 0.717) is 16.8 Å². The summed E-state index contributed by atoms with van der Waals surface area (Å²) in [5, 5.41) is 7.35. The minimum absolute atomic E-state index is 0.265. The Labute approximate surface area is 152 Å². The normalized spacial score (nSPS) is 11.0. The van der Waals surface area contributed by atoms with Crippen LogP contribution in [0.15, 0.2) is 47.2 Å². The van der Waals surface area contributed by atoms with Crippen LogP contribution in [0.3, 0.4) is 0 Å². The van der Waals surface area contributed by atoms with Crippen molar-refractivity contribution in [1.29, 1.82) is 0 Å². The van der Waals surface area contributed by atoms with Crippen molar-refractivity contribution >= 4 is 33.1 Å². The Morgan fingerprint density at radius 1 is 1.15 bits per heavy atom. The van der Waals surface area contributed by atoms with Crippen LogP contribution < -0.4 is 5.32 Å². The summed E-state index contributed by atoms with van der Waals surface area (Å²) >= 11 is 1.50. The smallest absolute Gasteiger partial charge is 0.278 e. The molecule has 1 N–H and O–H groups in total. The zero-order valence-corrected chi connectivity index (χ0v) is 14.9. The molecule has 0 radical (unpaired) electrons. The lowest BCUT2D eigenvalue weighted by Gasteiger charge is -2.08. The lowest BCUT2D eigenvalue weighted by Crippen LogP contribution is -2.14. The van der Waals surface area contributed by atoms with Crippen LogP contribution in [0.5, 0.6) is 0 Å². The van der Waals surface area contributed by atoms with Crippen LogP contribution in [0.25, 0.3) is 20.8 Å². The summed E-state index contributed by atoms with van der Waals surface area (Å²) in [6.45, 7) is 3.67. The molecule has 0 aliphatic carbocycles. The van der Waals surface area contributed by atoms with Gasteiger partial charge >= 0.3 is 0 Å². The Kier molecular flexibility index (Phi) is 4.00. The first kappa shape index (κ1) is 16.4. The Morgan fingerprint density at radius 3 is 2.73 bits per heavy atom. The molecule has 0 spiro atoms. The van der Waals surface area contributed by atoms with E-state index < -0.39 is 0 Å². The van der Waals surface area contributed by atoms with Gasteiger partial charge in [-0.25, -0.2) is 9.37 Å². The lowest BCUT2D eigenvalue weighted by atomic mass is 10.1. The molecule has 7 heteroatoms. The molecule has 4 rings (SSSR count). The van der Waals surface area contributed by atoms with Crippen LogP contribution in [-0.4, -0.2) is 16.0 Å². The third kappa shape index (κ3) is 2.97. The number of carbonyl (C=O) groups excluding carboxylic acids is 1.